The van der Waals surface area contributed by atoms with Gasteiger partial charge in [0, 0.05) is 20.1 Å². The van der Waals surface area contributed by atoms with Crippen molar-refractivity contribution in [3.05, 3.63) is 0 Å². The first-order valence-corrected chi connectivity index (χ1v) is 5.97. The minimum Gasteiger partial charge on any atom is -0.481 e. The Morgan fingerprint density at radius 2 is 2.06 bits per heavy atom. The van der Waals surface area contributed by atoms with Crippen LogP contribution in [-0.2, 0) is 9.59 Å². The van der Waals surface area contributed by atoms with Crippen LogP contribution in [0.2, 0.25) is 0 Å². The molecule has 17 heavy (non-hydrogen) atoms. The SMILES string of the molecule is CCN1CC(C)(C)CN(C)C(=O)C1CC(=O)O. The van der Waals surface area contributed by atoms with Crippen LogP contribution in [0.3, 0.4) is 0 Å². The van der Waals surface area contributed by atoms with Crippen LogP contribution in [0.1, 0.15) is 27.2 Å². The monoisotopic (exact) mass is 242 g/mol. The summed E-state index contributed by atoms with van der Waals surface area (Å²) in [5.74, 6) is -1.00. The Balaban J connectivity index is 2.97. The van der Waals surface area contributed by atoms with E-state index in [4.69, 9.17) is 5.11 Å². The Kier molecular flexibility index (Phi) is 4.14. The highest BCUT2D eigenvalue weighted by Crippen LogP contribution is 2.25. The smallest absolute Gasteiger partial charge is 0.305 e. The first-order valence-electron chi connectivity index (χ1n) is 5.97. The molecule has 5 nitrogen and oxygen atoms in total. The predicted molar refractivity (Wildman–Crippen MR) is 64.7 cm³/mol. The van der Waals surface area contributed by atoms with E-state index in [9.17, 15) is 9.59 Å². The standard InChI is InChI=1S/C12H22N2O3/c1-5-14-8-12(2,3)7-13(4)11(17)9(14)6-10(15)16/h9H,5-8H2,1-4H3,(H,15,16). The zero-order valence-electron chi connectivity index (χ0n) is 11.1. The van der Waals surface area contributed by atoms with Gasteiger partial charge in [0.25, 0.3) is 0 Å². The highest BCUT2D eigenvalue weighted by molar-refractivity contribution is 5.86. The maximum Gasteiger partial charge on any atom is 0.305 e. The van der Waals surface area contributed by atoms with Crippen molar-refractivity contribution < 1.29 is 14.7 Å². The molecule has 1 heterocycles. The number of nitrogens with zero attached hydrogens (tertiary/aromatic N) is 2. The Morgan fingerprint density at radius 3 is 2.53 bits per heavy atom. The molecule has 0 radical (unpaired) electrons. The Hall–Kier alpha value is -1.10. The fourth-order valence-corrected chi connectivity index (χ4v) is 2.55. The van der Waals surface area contributed by atoms with Gasteiger partial charge in [0.2, 0.25) is 5.91 Å². The average molecular weight is 242 g/mol. The maximum absolute atomic E-state index is 12.2. The molecule has 1 amide bonds. The van der Waals surface area contributed by atoms with Crippen molar-refractivity contribution in [2.75, 3.05) is 26.7 Å². The lowest BCUT2D eigenvalue weighted by molar-refractivity contribution is -0.144. The number of hydrogen-bond acceptors (Lipinski definition) is 3. The Labute approximate surface area is 102 Å². The van der Waals surface area contributed by atoms with Crippen molar-refractivity contribution in [1.82, 2.24) is 9.80 Å². The third-order valence-corrected chi connectivity index (χ3v) is 3.17. The Bertz CT molecular complexity index is 315. The lowest BCUT2D eigenvalue weighted by atomic mass is 9.92. The number of carboxylic acids is 1. The van der Waals surface area contributed by atoms with Gasteiger partial charge >= 0.3 is 5.97 Å². The second-order valence-electron chi connectivity index (χ2n) is 5.54. The average Bonchev–Trinajstić information content (AvgIpc) is 2.27. The summed E-state index contributed by atoms with van der Waals surface area (Å²) in [6, 6.07) is -0.524. The van der Waals surface area contributed by atoms with Gasteiger partial charge in [-0.3, -0.25) is 14.5 Å². The van der Waals surface area contributed by atoms with Crippen LogP contribution in [0.4, 0.5) is 0 Å². The van der Waals surface area contributed by atoms with Gasteiger partial charge in [-0.2, -0.15) is 0 Å². The number of carbonyl (C=O) groups excluding carboxylic acids is 1. The van der Waals surface area contributed by atoms with E-state index >= 15 is 0 Å². The summed E-state index contributed by atoms with van der Waals surface area (Å²) in [4.78, 5) is 26.6. The Morgan fingerprint density at radius 1 is 1.47 bits per heavy atom. The first-order chi connectivity index (χ1) is 7.76. The van der Waals surface area contributed by atoms with Crippen LogP contribution in [0.25, 0.3) is 0 Å². The molecule has 5 heteroatoms. The van der Waals surface area contributed by atoms with Crippen molar-refractivity contribution in [2.24, 2.45) is 5.41 Å². The molecule has 1 fully saturated rings. The number of aliphatic carboxylic acids is 1. The van der Waals surface area contributed by atoms with E-state index in [0.717, 1.165) is 6.54 Å². The molecule has 98 valence electrons. The summed E-state index contributed by atoms with van der Waals surface area (Å²) in [6.07, 6.45) is -0.118. The summed E-state index contributed by atoms with van der Waals surface area (Å²) < 4.78 is 0. The number of hydrogen-bond donors (Lipinski definition) is 1. The second kappa shape index (κ2) is 5.04. The lowest BCUT2D eigenvalue weighted by Gasteiger charge is -2.31. The molecule has 1 rings (SSSR count). The fourth-order valence-electron chi connectivity index (χ4n) is 2.55. The summed E-state index contributed by atoms with van der Waals surface area (Å²) in [7, 11) is 1.75. The molecule has 1 N–H and O–H groups in total. The molecule has 0 aromatic heterocycles. The van der Waals surface area contributed by atoms with Gasteiger partial charge in [0.05, 0.1) is 12.5 Å². The van der Waals surface area contributed by atoms with Crippen molar-refractivity contribution in [3.63, 3.8) is 0 Å². The minimum absolute atomic E-state index is 0.00628. The number of rotatable bonds is 3. The normalized spacial score (nSPS) is 25.8. The van der Waals surface area contributed by atoms with E-state index < -0.39 is 12.0 Å². The molecule has 0 bridgehead atoms. The summed E-state index contributed by atoms with van der Waals surface area (Å²) in [5, 5.41) is 8.91. The lowest BCUT2D eigenvalue weighted by Crippen LogP contribution is -2.46. The largest absolute Gasteiger partial charge is 0.481 e. The molecule has 1 saturated heterocycles. The second-order valence-corrected chi connectivity index (χ2v) is 5.54. The molecule has 0 aromatic rings. The number of amides is 1. The van der Waals surface area contributed by atoms with Crippen LogP contribution in [0.15, 0.2) is 0 Å². The van der Waals surface area contributed by atoms with Crippen molar-refractivity contribution >= 4 is 11.9 Å². The summed E-state index contributed by atoms with van der Waals surface area (Å²) in [6.45, 7) is 8.27. The van der Waals surface area contributed by atoms with Crippen LogP contribution in [0.5, 0.6) is 0 Å². The topological polar surface area (TPSA) is 60.9 Å². The predicted octanol–water partition coefficient (Wildman–Crippen LogP) is 0.650. The maximum atomic E-state index is 12.2. The van der Waals surface area contributed by atoms with Crippen molar-refractivity contribution in [3.8, 4) is 0 Å². The highest BCUT2D eigenvalue weighted by Gasteiger charge is 2.38. The molecule has 1 aliphatic rings. The molecule has 0 spiro atoms. The van der Waals surface area contributed by atoms with Crippen LogP contribution < -0.4 is 0 Å². The van der Waals surface area contributed by atoms with Crippen LogP contribution in [-0.4, -0.2) is 59.5 Å². The van der Waals surface area contributed by atoms with Gasteiger partial charge in [-0.1, -0.05) is 20.8 Å². The van der Waals surface area contributed by atoms with Gasteiger partial charge < -0.3 is 10.0 Å². The van der Waals surface area contributed by atoms with E-state index in [1.165, 1.54) is 0 Å². The molecule has 1 aliphatic heterocycles. The fraction of sp³-hybridized carbons (Fsp3) is 0.833. The molecular weight excluding hydrogens is 220 g/mol. The number of carbonyl (C=O) groups is 2. The van der Waals surface area contributed by atoms with Crippen molar-refractivity contribution in [2.45, 2.75) is 33.2 Å². The quantitative estimate of drug-likeness (QED) is 0.789. The van der Waals surface area contributed by atoms with Crippen molar-refractivity contribution in [1.29, 1.82) is 0 Å². The summed E-state index contributed by atoms with van der Waals surface area (Å²) >= 11 is 0. The molecule has 1 atom stereocenters. The third kappa shape index (κ3) is 3.43. The van der Waals surface area contributed by atoms with Gasteiger partial charge in [0.1, 0.15) is 0 Å². The molecule has 0 aliphatic carbocycles. The highest BCUT2D eigenvalue weighted by atomic mass is 16.4. The number of likely N-dealkylation sites (N-methyl/N-ethyl adjacent to an activating group) is 2. The molecule has 0 aromatic carbocycles. The minimum atomic E-state index is -0.921. The van der Waals surface area contributed by atoms with Gasteiger partial charge in [-0.25, -0.2) is 0 Å². The van der Waals surface area contributed by atoms with Crippen LogP contribution in [0, 0.1) is 5.41 Å². The molecule has 1 unspecified atom stereocenters. The molecule has 0 saturated carbocycles. The number of carboxylic acid groups (broad SMARTS) is 1. The van der Waals surface area contributed by atoms with Crippen LogP contribution >= 0.6 is 0 Å². The van der Waals surface area contributed by atoms with Gasteiger partial charge in [-0.05, 0) is 12.0 Å². The summed E-state index contributed by atoms with van der Waals surface area (Å²) in [5.41, 5.74) is -0.00628. The van der Waals surface area contributed by atoms with E-state index in [2.05, 4.69) is 13.8 Å². The zero-order valence-corrected chi connectivity index (χ0v) is 11.1. The van der Waals surface area contributed by atoms with E-state index in [1.54, 1.807) is 11.9 Å². The molecular formula is C12H22N2O3. The first kappa shape index (κ1) is 14.0. The van der Waals surface area contributed by atoms with Gasteiger partial charge in [-0.15, -0.1) is 0 Å². The zero-order chi connectivity index (χ0) is 13.2. The van der Waals surface area contributed by atoms with E-state index in [0.29, 0.717) is 13.1 Å². The van der Waals surface area contributed by atoms with Gasteiger partial charge in [0.15, 0.2) is 0 Å². The van der Waals surface area contributed by atoms with E-state index in [-0.39, 0.29) is 17.7 Å². The third-order valence-electron chi connectivity index (χ3n) is 3.17. The van der Waals surface area contributed by atoms with E-state index in [1.807, 2.05) is 11.8 Å².